The summed E-state index contributed by atoms with van der Waals surface area (Å²) in [7, 11) is 0. The van der Waals surface area contributed by atoms with E-state index in [4.69, 9.17) is 10.5 Å². The Morgan fingerprint density at radius 2 is 2.12 bits per heavy atom. The standard InChI is InChI=1S/C11H20N4O/c1-3-15(5-6-16-4-2)11-9-13-10(7-12)8-14-11/h8-9H,3-7,12H2,1-2H3. The van der Waals surface area contributed by atoms with E-state index in [-0.39, 0.29) is 0 Å². The molecule has 0 aliphatic heterocycles. The summed E-state index contributed by atoms with van der Waals surface area (Å²) in [4.78, 5) is 10.7. The van der Waals surface area contributed by atoms with Crippen LogP contribution in [-0.2, 0) is 11.3 Å². The summed E-state index contributed by atoms with van der Waals surface area (Å²) in [6.07, 6.45) is 3.48. The molecule has 0 aliphatic rings. The van der Waals surface area contributed by atoms with Gasteiger partial charge in [0.25, 0.3) is 0 Å². The summed E-state index contributed by atoms with van der Waals surface area (Å²) in [5.74, 6) is 0.874. The van der Waals surface area contributed by atoms with Crippen LogP contribution >= 0.6 is 0 Å². The summed E-state index contributed by atoms with van der Waals surface area (Å²) in [5.41, 5.74) is 6.28. The van der Waals surface area contributed by atoms with E-state index >= 15 is 0 Å². The van der Waals surface area contributed by atoms with E-state index in [0.717, 1.165) is 31.2 Å². The van der Waals surface area contributed by atoms with Gasteiger partial charge in [-0.05, 0) is 13.8 Å². The third kappa shape index (κ3) is 3.75. The zero-order valence-electron chi connectivity index (χ0n) is 10.0. The monoisotopic (exact) mass is 224 g/mol. The first-order valence-electron chi connectivity index (χ1n) is 5.65. The quantitative estimate of drug-likeness (QED) is 0.694. The van der Waals surface area contributed by atoms with Crippen LogP contribution < -0.4 is 10.6 Å². The SMILES string of the molecule is CCOCCN(CC)c1cnc(CN)cn1. The van der Waals surface area contributed by atoms with E-state index in [9.17, 15) is 0 Å². The smallest absolute Gasteiger partial charge is 0.147 e. The number of nitrogens with two attached hydrogens (primary N) is 1. The van der Waals surface area contributed by atoms with Gasteiger partial charge >= 0.3 is 0 Å². The molecule has 0 spiro atoms. The number of nitrogens with zero attached hydrogens (tertiary/aromatic N) is 3. The summed E-state index contributed by atoms with van der Waals surface area (Å²) >= 11 is 0. The first kappa shape index (κ1) is 12.9. The highest BCUT2D eigenvalue weighted by atomic mass is 16.5. The molecule has 2 N–H and O–H groups in total. The predicted molar refractivity (Wildman–Crippen MR) is 64.3 cm³/mol. The molecule has 0 aromatic carbocycles. The fourth-order valence-corrected chi connectivity index (χ4v) is 1.37. The lowest BCUT2D eigenvalue weighted by Gasteiger charge is -2.21. The van der Waals surface area contributed by atoms with Crippen LogP contribution in [0.5, 0.6) is 0 Å². The third-order valence-corrected chi connectivity index (χ3v) is 2.32. The van der Waals surface area contributed by atoms with Crippen LogP contribution in [0.3, 0.4) is 0 Å². The number of hydrogen-bond acceptors (Lipinski definition) is 5. The fraction of sp³-hybridized carbons (Fsp3) is 0.636. The summed E-state index contributed by atoms with van der Waals surface area (Å²) in [6.45, 7) is 7.69. The van der Waals surface area contributed by atoms with Crippen molar-refractivity contribution in [3.63, 3.8) is 0 Å². The first-order valence-corrected chi connectivity index (χ1v) is 5.65. The Morgan fingerprint density at radius 3 is 2.62 bits per heavy atom. The minimum atomic E-state index is 0.429. The molecule has 1 aromatic heterocycles. The minimum Gasteiger partial charge on any atom is -0.380 e. The zero-order valence-corrected chi connectivity index (χ0v) is 10.0. The Kier molecular flexibility index (Phi) is 5.74. The molecular weight excluding hydrogens is 204 g/mol. The molecule has 0 atom stereocenters. The highest BCUT2D eigenvalue weighted by Crippen LogP contribution is 2.08. The predicted octanol–water partition coefficient (Wildman–Crippen LogP) is 0.798. The Bertz CT molecular complexity index is 289. The second kappa shape index (κ2) is 7.14. The van der Waals surface area contributed by atoms with Gasteiger partial charge in [-0.15, -0.1) is 0 Å². The maximum absolute atomic E-state index is 5.47. The highest BCUT2D eigenvalue weighted by molar-refractivity contribution is 5.35. The molecule has 1 heterocycles. The van der Waals surface area contributed by atoms with E-state index in [1.165, 1.54) is 0 Å². The summed E-state index contributed by atoms with van der Waals surface area (Å²) in [6, 6.07) is 0. The van der Waals surface area contributed by atoms with Gasteiger partial charge in [0.05, 0.1) is 24.7 Å². The van der Waals surface area contributed by atoms with Crippen molar-refractivity contribution in [2.24, 2.45) is 5.73 Å². The van der Waals surface area contributed by atoms with Gasteiger partial charge < -0.3 is 15.4 Å². The Balaban J connectivity index is 2.56. The van der Waals surface area contributed by atoms with Crippen molar-refractivity contribution in [3.05, 3.63) is 18.1 Å². The lowest BCUT2D eigenvalue weighted by molar-refractivity contribution is 0.154. The van der Waals surface area contributed by atoms with Crippen molar-refractivity contribution in [2.75, 3.05) is 31.2 Å². The van der Waals surface area contributed by atoms with Crippen LogP contribution in [0.15, 0.2) is 12.4 Å². The molecule has 5 nitrogen and oxygen atoms in total. The highest BCUT2D eigenvalue weighted by Gasteiger charge is 2.05. The Morgan fingerprint density at radius 1 is 1.31 bits per heavy atom. The van der Waals surface area contributed by atoms with E-state index in [2.05, 4.69) is 21.8 Å². The number of aromatic nitrogens is 2. The molecule has 5 heteroatoms. The maximum Gasteiger partial charge on any atom is 0.147 e. The second-order valence-electron chi connectivity index (χ2n) is 3.35. The minimum absolute atomic E-state index is 0.429. The van der Waals surface area contributed by atoms with Gasteiger partial charge in [-0.2, -0.15) is 0 Å². The molecular formula is C11H20N4O. The molecule has 0 unspecified atom stereocenters. The topological polar surface area (TPSA) is 64.3 Å². The first-order chi connectivity index (χ1) is 7.81. The molecule has 0 radical (unpaired) electrons. The maximum atomic E-state index is 5.47. The average molecular weight is 224 g/mol. The molecule has 1 rings (SSSR count). The van der Waals surface area contributed by atoms with Gasteiger partial charge in [0, 0.05) is 26.2 Å². The molecule has 0 bridgehead atoms. The van der Waals surface area contributed by atoms with E-state index in [1.54, 1.807) is 12.4 Å². The van der Waals surface area contributed by atoms with Crippen molar-refractivity contribution >= 4 is 5.82 Å². The zero-order chi connectivity index (χ0) is 11.8. The Hall–Kier alpha value is -1.20. The van der Waals surface area contributed by atoms with Gasteiger partial charge in [-0.3, -0.25) is 4.98 Å². The number of hydrogen-bond donors (Lipinski definition) is 1. The molecule has 0 amide bonds. The van der Waals surface area contributed by atoms with Gasteiger partial charge in [0.15, 0.2) is 0 Å². The largest absolute Gasteiger partial charge is 0.380 e. The second-order valence-corrected chi connectivity index (χ2v) is 3.35. The number of rotatable bonds is 7. The molecule has 0 aliphatic carbocycles. The molecule has 1 aromatic rings. The van der Waals surface area contributed by atoms with Crippen LogP contribution in [0.4, 0.5) is 5.82 Å². The third-order valence-electron chi connectivity index (χ3n) is 2.32. The molecule has 0 fully saturated rings. The van der Waals surface area contributed by atoms with Crippen molar-refractivity contribution in [3.8, 4) is 0 Å². The van der Waals surface area contributed by atoms with E-state index in [1.807, 2.05) is 6.92 Å². The van der Waals surface area contributed by atoms with Crippen molar-refractivity contribution in [2.45, 2.75) is 20.4 Å². The number of ether oxygens (including phenoxy) is 1. The fourth-order valence-electron chi connectivity index (χ4n) is 1.37. The van der Waals surface area contributed by atoms with Crippen molar-refractivity contribution in [1.82, 2.24) is 9.97 Å². The lowest BCUT2D eigenvalue weighted by atomic mass is 10.4. The molecule has 16 heavy (non-hydrogen) atoms. The van der Waals surface area contributed by atoms with Crippen LogP contribution in [0.25, 0.3) is 0 Å². The van der Waals surface area contributed by atoms with E-state index < -0.39 is 0 Å². The normalized spacial score (nSPS) is 10.4. The molecule has 90 valence electrons. The molecule has 0 saturated heterocycles. The van der Waals surface area contributed by atoms with E-state index in [0.29, 0.717) is 13.2 Å². The summed E-state index contributed by atoms with van der Waals surface area (Å²) in [5, 5.41) is 0. The van der Waals surface area contributed by atoms with Crippen LogP contribution in [0.1, 0.15) is 19.5 Å². The van der Waals surface area contributed by atoms with Gasteiger partial charge in [0.1, 0.15) is 5.82 Å². The number of anilines is 1. The summed E-state index contributed by atoms with van der Waals surface area (Å²) < 4.78 is 5.32. The van der Waals surface area contributed by atoms with Crippen LogP contribution in [0, 0.1) is 0 Å². The average Bonchev–Trinajstić information content (AvgIpc) is 2.35. The van der Waals surface area contributed by atoms with Crippen molar-refractivity contribution < 1.29 is 4.74 Å². The number of likely N-dealkylation sites (N-methyl/N-ethyl adjacent to an activating group) is 1. The van der Waals surface area contributed by atoms with Crippen LogP contribution in [-0.4, -0.2) is 36.3 Å². The molecule has 0 saturated carbocycles. The van der Waals surface area contributed by atoms with Crippen LogP contribution in [0.2, 0.25) is 0 Å². The van der Waals surface area contributed by atoms with Gasteiger partial charge in [-0.25, -0.2) is 4.98 Å². The van der Waals surface area contributed by atoms with Crippen molar-refractivity contribution in [1.29, 1.82) is 0 Å². The van der Waals surface area contributed by atoms with Gasteiger partial charge in [-0.1, -0.05) is 0 Å². The Labute approximate surface area is 96.6 Å². The van der Waals surface area contributed by atoms with Gasteiger partial charge in [0.2, 0.25) is 0 Å². The lowest BCUT2D eigenvalue weighted by Crippen LogP contribution is -2.28.